The fourth-order valence-corrected chi connectivity index (χ4v) is 4.96. The van der Waals surface area contributed by atoms with Gasteiger partial charge in [0, 0.05) is 44.0 Å². The van der Waals surface area contributed by atoms with Crippen LogP contribution in [0.25, 0.3) is 5.57 Å². The number of benzene rings is 3. The van der Waals surface area contributed by atoms with Gasteiger partial charge in [-0.05, 0) is 73.2 Å². The molecule has 3 aromatic rings. The van der Waals surface area contributed by atoms with Crippen LogP contribution >= 0.6 is 0 Å². The summed E-state index contributed by atoms with van der Waals surface area (Å²) in [5.74, 6) is 0.0454. The monoisotopic (exact) mass is 497 g/mol. The van der Waals surface area contributed by atoms with Crippen molar-refractivity contribution >= 4 is 23.3 Å². The van der Waals surface area contributed by atoms with Gasteiger partial charge in [0.15, 0.2) is 0 Å². The van der Waals surface area contributed by atoms with Gasteiger partial charge in [-0.2, -0.15) is 0 Å². The first-order valence-corrected chi connectivity index (χ1v) is 13.0. The van der Waals surface area contributed by atoms with E-state index in [4.69, 9.17) is 5.11 Å². The van der Waals surface area contributed by atoms with Gasteiger partial charge >= 0.3 is 6.09 Å². The van der Waals surface area contributed by atoms with Crippen molar-refractivity contribution in [1.82, 2.24) is 9.80 Å². The van der Waals surface area contributed by atoms with Crippen molar-refractivity contribution in [3.63, 3.8) is 0 Å². The summed E-state index contributed by atoms with van der Waals surface area (Å²) in [4.78, 5) is 28.2. The van der Waals surface area contributed by atoms with Crippen LogP contribution in [0.15, 0.2) is 84.4 Å². The number of amides is 2. The molecule has 1 aliphatic heterocycles. The molecule has 6 heteroatoms. The van der Waals surface area contributed by atoms with Crippen molar-refractivity contribution in [2.75, 3.05) is 31.5 Å². The summed E-state index contributed by atoms with van der Waals surface area (Å²) in [6, 6.07) is 26.0. The van der Waals surface area contributed by atoms with Crippen LogP contribution in [0.1, 0.15) is 53.7 Å². The van der Waals surface area contributed by atoms with Crippen LogP contribution in [0.5, 0.6) is 0 Å². The van der Waals surface area contributed by atoms with E-state index in [1.54, 1.807) is 12.1 Å². The Balaban J connectivity index is 1.62. The van der Waals surface area contributed by atoms with E-state index >= 15 is 0 Å². The molecule has 0 spiro atoms. The lowest BCUT2D eigenvalue weighted by Gasteiger charge is -2.30. The van der Waals surface area contributed by atoms with E-state index in [1.807, 2.05) is 61.2 Å². The molecule has 0 unspecified atom stereocenters. The minimum Gasteiger partial charge on any atom is -0.465 e. The predicted molar refractivity (Wildman–Crippen MR) is 149 cm³/mol. The van der Waals surface area contributed by atoms with E-state index in [9.17, 15) is 9.59 Å². The Morgan fingerprint density at radius 2 is 1.35 bits per heavy atom. The lowest BCUT2D eigenvalue weighted by Crippen LogP contribution is -2.30. The summed E-state index contributed by atoms with van der Waals surface area (Å²) in [6.07, 6.45) is 0.833. The van der Waals surface area contributed by atoms with Crippen molar-refractivity contribution in [3.05, 3.63) is 107 Å². The Labute approximate surface area is 219 Å². The Hall–Kier alpha value is -3.90. The van der Waals surface area contributed by atoms with E-state index in [-0.39, 0.29) is 5.91 Å². The van der Waals surface area contributed by atoms with Crippen LogP contribution in [0, 0.1) is 0 Å². The highest BCUT2D eigenvalue weighted by Crippen LogP contribution is 2.33. The summed E-state index contributed by atoms with van der Waals surface area (Å²) in [7, 11) is 0. The van der Waals surface area contributed by atoms with E-state index in [2.05, 4.69) is 34.5 Å². The largest absolute Gasteiger partial charge is 0.465 e. The number of hydrogen-bond acceptors (Lipinski definition) is 3. The molecule has 37 heavy (non-hydrogen) atoms. The number of carbonyl (C=O) groups excluding carboxylic acids is 1. The number of carbonyl (C=O) groups is 2. The van der Waals surface area contributed by atoms with Crippen molar-refractivity contribution < 1.29 is 14.7 Å². The number of carboxylic acid groups (broad SMARTS) is 1. The molecule has 0 radical (unpaired) electrons. The highest BCUT2D eigenvalue weighted by Gasteiger charge is 2.20. The van der Waals surface area contributed by atoms with Crippen molar-refractivity contribution in [1.29, 1.82) is 0 Å². The molecule has 0 bridgehead atoms. The summed E-state index contributed by atoms with van der Waals surface area (Å²) in [5, 5.41) is 11.5. The molecule has 1 aliphatic rings. The first-order chi connectivity index (χ1) is 18.0. The number of anilines is 1. The van der Waals surface area contributed by atoms with Gasteiger partial charge in [-0.1, -0.05) is 60.2 Å². The van der Waals surface area contributed by atoms with E-state index < -0.39 is 6.09 Å². The van der Waals surface area contributed by atoms with Crippen molar-refractivity contribution in [2.24, 2.45) is 0 Å². The molecule has 192 valence electrons. The number of likely N-dealkylation sites (tertiary alicyclic amines) is 1. The molecule has 1 saturated heterocycles. The fourth-order valence-electron chi connectivity index (χ4n) is 4.96. The number of piperidine rings is 1. The molecule has 6 nitrogen and oxygen atoms in total. The van der Waals surface area contributed by atoms with Gasteiger partial charge in [0.25, 0.3) is 5.91 Å². The second kappa shape index (κ2) is 12.4. The average Bonchev–Trinajstić information content (AvgIpc) is 2.92. The summed E-state index contributed by atoms with van der Waals surface area (Å²) < 4.78 is 0. The zero-order chi connectivity index (χ0) is 26.2. The molecular weight excluding hydrogens is 462 g/mol. The SMILES string of the molecule is CCN(CC)C(=O)c1ccc(C(=C2CCN(Cc3ccccc3)CC2)c2ccc(NC(=O)O)cc2)cc1. The molecule has 3 aromatic carbocycles. The van der Waals surface area contributed by atoms with Crippen LogP contribution in [-0.2, 0) is 6.54 Å². The van der Waals surface area contributed by atoms with Gasteiger partial charge in [0.1, 0.15) is 0 Å². The van der Waals surface area contributed by atoms with E-state index in [0.29, 0.717) is 24.3 Å². The lowest BCUT2D eigenvalue weighted by molar-refractivity contribution is 0.0773. The fraction of sp³-hybridized carbons (Fsp3) is 0.290. The van der Waals surface area contributed by atoms with Crippen LogP contribution in [0.3, 0.4) is 0 Å². The van der Waals surface area contributed by atoms with Gasteiger partial charge in [-0.15, -0.1) is 0 Å². The number of nitrogens with zero attached hydrogens (tertiary/aromatic N) is 2. The zero-order valence-electron chi connectivity index (χ0n) is 21.6. The molecule has 1 heterocycles. The third-order valence-electron chi connectivity index (χ3n) is 6.96. The van der Waals surface area contributed by atoms with Gasteiger partial charge in [0.05, 0.1) is 0 Å². The van der Waals surface area contributed by atoms with Crippen molar-refractivity contribution in [3.8, 4) is 0 Å². The van der Waals surface area contributed by atoms with Crippen molar-refractivity contribution in [2.45, 2.75) is 33.2 Å². The molecule has 2 N–H and O–H groups in total. The Morgan fingerprint density at radius 3 is 1.89 bits per heavy atom. The highest BCUT2D eigenvalue weighted by molar-refractivity contribution is 5.95. The third-order valence-corrected chi connectivity index (χ3v) is 6.96. The molecule has 4 rings (SSSR count). The minimum absolute atomic E-state index is 0.0454. The molecule has 1 fully saturated rings. The normalized spacial score (nSPS) is 13.7. The van der Waals surface area contributed by atoms with Gasteiger partial charge < -0.3 is 10.0 Å². The van der Waals surface area contributed by atoms with Crippen LogP contribution < -0.4 is 5.32 Å². The van der Waals surface area contributed by atoms with Crippen LogP contribution in [0.4, 0.5) is 10.5 Å². The van der Waals surface area contributed by atoms with Gasteiger partial charge in [-0.3, -0.25) is 15.0 Å². The van der Waals surface area contributed by atoms with E-state index in [1.165, 1.54) is 16.7 Å². The maximum atomic E-state index is 12.8. The first kappa shape index (κ1) is 26.2. The zero-order valence-corrected chi connectivity index (χ0v) is 21.6. The summed E-state index contributed by atoms with van der Waals surface area (Å²) in [5.41, 5.74) is 7.22. The quantitative estimate of drug-likeness (QED) is 0.380. The summed E-state index contributed by atoms with van der Waals surface area (Å²) >= 11 is 0. The first-order valence-electron chi connectivity index (χ1n) is 13.0. The smallest absolute Gasteiger partial charge is 0.409 e. The highest BCUT2D eigenvalue weighted by atomic mass is 16.4. The molecule has 0 aliphatic carbocycles. The van der Waals surface area contributed by atoms with Gasteiger partial charge in [0.2, 0.25) is 0 Å². The topological polar surface area (TPSA) is 72.9 Å². The average molecular weight is 498 g/mol. The maximum absolute atomic E-state index is 12.8. The Kier molecular flexibility index (Phi) is 8.75. The maximum Gasteiger partial charge on any atom is 0.409 e. The molecule has 0 saturated carbocycles. The molecular formula is C31H35N3O3. The number of nitrogens with one attached hydrogen (secondary N) is 1. The second-order valence-corrected chi connectivity index (χ2v) is 9.30. The summed E-state index contributed by atoms with van der Waals surface area (Å²) in [6.45, 7) is 8.25. The predicted octanol–water partition coefficient (Wildman–Crippen LogP) is 6.36. The molecule has 2 amide bonds. The lowest BCUT2D eigenvalue weighted by atomic mass is 9.88. The molecule has 0 atom stereocenters. The minimum atomic E-state index is -1.08. The van der Waals surface area contributed by atoms with Crippen LogP contribution in [-0.4, -0.2) is 53.1 Å². The molecule has 0 aromatic heterocycles. The van der Waals surface area contributed by atoms with Gasteiger partial charge in [-0.25, -0.2) is 4.79 Å². The Bertz CT molecular complexity index is 1220. The van der Waals surface area contributed by atoms with Crippen LogP contribution in [0.2, 0.25) is 0 Å². The number of hydrogen-bond donors (Lipinski definition) is 2. The standard InChI is InChI=1S/C31H35N3O3/c1-3-34(4-2)30(35)27-12-10-24(11-13-27)29(25-14-16-28(17-15-25)32-31(36)37)26-18-20-33(21-19-26)22-23-8-6-5-7-9-23/h5-17,32H,3-4,18-22H2,1-2H3,(H,36,37). The third kappa shape index (κ3) is 6.66. The second-order valence-electron chi connectivity index (χ2n) is 9.30. The Morgan fingerprint density at radius 1 is 0.811 bits per heavy atom. The van der Waals surface area contributed by atoms with E-state index in [0.717, 1.165) is 43.6 Å². The number of rotatable bonds is 8.